The molecule has 0 aromatic rings. The molecule has 1 aliphatic heterocycles. The number of unbranched alkanes of at least 4 members (excludes halogenated alkanes) is 7. The molecule has 0 spiro atoms. The largest absolute Gasteiger partial charge is 0.315 e. The minimum Gasteiger partial charge on any atom is -0.315 e. The molecule has 0 bridgehead atoms. The molecule has 126 valence electrons. The Kier molecular flexibility index (Phi) is 9.59. The molecule has 1 N–H and O–H groups in total. The molecule has 0 radical (unpaired) electrons. The zero-order valence-corrected chi connectivity index (χ0v) is 15.2. The van der Waals surface area contributed by atoms with Crippen LogP contribution in [0.4, 0.5) is 0 Å². The molecule has 1 unspecified atom stereocenters. The molecule has 0 aromatic carbocycles. The molecule has 1 fully saturated rings. The summed E-state index contributed by atoms with van der Waals surface area (Å²) in [5.41, 5.74) is 0.312. The van der Waals surface area contributed by atoms with Crippen LogP contribution >= 0.6 is 0 Å². The summed E-state index contributed by atoms with van der Waals surface area (Å²) in [6.07, 6.45) is 15.5. The Morgan fingerprint density at radius 2 is 1.43 bits per heavy atom. The lowest BCUT2D eigenvalue weighted by atomic mass is 9.88. The first-order valence-electron chi connectivity index (χ1n) is 9.55. The fraction of sp³-hybridized carbons (Fsp3) is 1.00. The van der Waals surface area contributed by atoms with Gasteiger partial charge in [0.15, 0.2) is 0 Å². The highest BCUT2D eigenvalue weighted by molar-refractivity contribution is 4.94. The van der Waals surface area contributed by atoms with Crippen LogP contribution in [-0.4, -0.2) is 36.6 Å². The van der Waals surface area contributed by atoms with Crippen molar-refractivity contribution < 1.29 is 0 Å². The minimum atomic E-state index is 0.312. The Bertz CT molecular complexity index is 244. The number of hydrogen-bond acceptors (Lipinski definition) is 2. The van der Waals surface area contributed by atoms with Crippen molar-refractivity contribution in [3.8, 4) is 0 Å². The van der Waals surface area contributed by atoms with Crippen LogP contribution in [-0.2, 0) is 0 Å². The van der Waals surface area contributed by atoms with Crippen LogP contribution in [0, 0.1) is 0 Å². The van der Waals surface area contributed by atoms with Crippen molar-refractivity contribution in [3.05, 3.63) is 0 Å². The maximum atomic E-state index is 3.60. The SMILES string of the molecule is CCCCCCCCCCC(NC)C(C)(C)N1CCCC1. The minimum absolute atomic E-state index is 0.312. The van der Waals surface area contributed by atoms with E-state index in [2.05, 4.69) is 38.0 Å². The quantitative estimate of drug-likeness (QED) is 0.511. The van der Waals surface area contributed by atoms with Gasteiger partial charge in [-0.1, -0.05) is 58.3 Å². The van der Waals surface area contributed by atoms with E-state index in [1.165, 1.54) is 83.7 Å². The summed E-state index contributed by atoms with van der Waals surface area (Å²) in [6, 6.07) is 0.635. The van der Waals surface area contributed by atoms with E-state index >= 15 is 0 Å². The summed E-state index contributed by atoms with van der Waals surface area (Å²) in [4.78, 5) is 2.69. The van der Waals surface area contributed by atoms with Gasteiger partial charge in [0.05, 0.1) is 0 Å². The van der Waals surface area contributed by atoms with Gasteiger partial charge in [-0.25, -0.2) is 0 Å². The average Bonchev–Trinajstić information content (AvgIpc) is 3.00. The topological polar surface area (TPSA) is 15.3 Å². The van der Waals surface area contributed by atoms with Crippen LogP contribution in [0.5, 0.6) is 0 Å². The van der Waals surface area contributed by atoms with Crippen LogP contribution in [0.2, 0.25) is 0 Å². The fourth-order valence-corrected chi connectivity index (χ4v) is 3.85. The monoisotopic (exact) mass is 296 g/mol. The van der Waals surface area contributed by atoms with Crippen molar-refractivity contribution in [2.45, 2.75) is 103 Å². The van der Waals surface area contributed by atoms with E-state index in [1.54, 1.807) is 0 Å². The first-order chi connectivity index (χ1) is 10.1. The van der Waals surface area contributed by atoms with Crippen molar-refractivity contribution in [1.82, 2.24) is 10.2 Å². The van der Waals surface area contributed by atoms with Gasteiger partial charge in [0.2, 0.25) is 0 Å². The normalized spacial score (nSPS) is 18.3. The van der Waals surface area contributed by atoms with Gasteiger partial charge in [-0.05, 0) is 53.2 Å². The molecule has 1 aliphatic rings. The Balaban J connectivity index is 2.15. The molecule has 1 heterocycles. The highest BCUT2D eigenvalue weighted by atomic mass is 15.2. The van der Waals surface area contributed by atoms with E-state index in [1.807, 2.05) is 0 Å². The predicted octanol–water partition coefficient (Wildman–Crippen LogP) is 4.98. The molecule has 0 saturated carbocycles. The third-order valence-corrected chi connectivity index (χ3v) is 5.47. The summed E-state index contributed by atoms with van der Waals surface area (Å²) >= 11 is 0. The highest BCUT2D eigenvalue weighted by Gasteiger charge is 2.35. The van der Waals surface area contributed by atoms with E-state index in [4.69, 9.17) is 0 Å². The van der Waals surface area contributed by atoms with Gasteiger partial charge < -0.3 is 5.32 Å². The molecule has 0 amide bonds. The van der Waals surface area contributed by atoms with Crippen molar-refractivity contribution in [1.29, 1.82) is 0 Å². The van der Waals surface area contributed by atoms with E-state index in [9.17, 15) is 0 Å². The van der Waals surface area contributed by atoms with Crippen molar-refractivity contribution >= 4 is 0 Å². The van der Waals surface area contributed by atoms with Gasteiger partial charge in [0.1, 0.15) is 0 Å². The third-order valence-electron chi connectivity index (χ3n) is 5.47. The van der Waals surface area contributed by atoms with E-state index < -0.39 is 0 Å². The molecule has 1 saturated heterocycles. The second kappa shape index (κ2) is 10.6. The van der Waals surface area contributed by atoms with Gasteiger partial charge in [0.25, 0.3) is 0 Å². The zero-order chi connectivity index (χ0) is 15.6. The molecule has 0 aromatic heterocycles. The van der Waals surface area contributed by atoms with Gasteiger partial charge >= 0.3 is 0 Å². The predicted molar refractivity (Wildman–Crippen MR) is 95.0 cm³/mol. The van der Waals surface area contributed by atoms with Crippen LogP contribution in [0.15, 0.2) is 0 Å². The van der Waals surface area contributed by atoms with Gasteiger partial charge in [0, 0.05) is 11.6 Å². The maximum Gasteiger partial charge on any atom is 0.0306 e. The van der Waals surface area contributed by atoms with Gasteiger partial charge in [-0.2, -0.15) is 0 Å². The summed E-state index contributed by atoms with van der Waals surface area (Å²) in [7, 11) is 2.15. The first kappa shape index (κ1) is 19.0. The molecule has 2 nitrogen and oxygen atoms in total. The second-order valence-corrected chi connectivity index (χ2v) is 7.45. The van der Waals surface area contributed by atoms with Crippen LogP contribution < -0.4 is 5.32 Å². The van der Waals surface area contributed by atoms with Crippen molar-refractivity contribution in [2.75, 3.05) is 20.1 Å². The summed E-state index contributed by atoms with van der Waals surface area (Å²) < 4.78 is 0. The molecule has 0 aliphatic carbocycles. The maximum absolute atomic E-state index is 3.60. The van der Waals surface area contributed by atoms with E-state index in [-0.39, 0.29) is 0 Å². The molecule has 2 heteroatoms. The molecular weight excluding hydrogens is 256 g/mol. The molecule has 1 atom stereocenters. The lowest BCUT2D eigenvalue weighted by Gasteiger charge is -2.42. The Morgan fingerprint density at radius 1 is 0.905 bits per heavy atom. The Labute approximate surface area is 134 Å². The average molecular weight is 297 g/mol. The fourth-order valence-electron chi connectivity index (χ4n) is 3.85. The summed E-state index contributed by atoms with van der Waals surface area (Å²) in [6.45, 7) is 9.75. The van der Waals surface area contributed by atoms with Crippen molar-refractivity contribution in [2.24, 2.45) is 0 Å². The van der Waals surface area contributed by atoms with Crippen LogP contribution in [0.25, 0.3) is 0 Å². The number of nitrogens with one attached hydrogen (secondary N) is 1. The third kappa shape index (κ3) is 6.69. The molecule has 21 heavy (non-hydrogen) atoms. The van der Waals surface area contributed by atoms with E-state index in [0.717, 1.165) is 0 Å². The number of rotatable bonds is 12. The lowest BCUT2D eigenvalue weighted by molar-refractivity contribution is 0.105. The van der Waals surface area contributed by atoms with E-state index in [0.29, 0.717) is 11.6 Å². The number of likely N-dealkylation sites (tertiary alicyclic amines) is 1. The smallest absolute Gasteiger partial charge is 0.0306 e. The van der Waals surface area contributed by atoms with Crippen LogP contribution in [0.3, 0.4) is 0 Å². The standard InChI is InChI=1S/C19H40N2/c1-5-6-7-8-9-10-11-12-15-18(20-4)19(2,3)21-16-13-14-17-21/h18,20H,5-17H2,1-4H3. The number of hydrogen-bond donors (Lipinski definition) is 1. The first-order valence-corrected chi connectivity index (χ1v) is 9.55. The summed E-state index contributed by atoms with van der Waals surface area (Å²) in [5.74, 6) is 0. The molecular formula is C19H40N2. The number of likely N-dealkylation sites (N-methyl/N-ethyl adjacent to an activating group) is 1. The van der Waals surface area contributed by atoms with Gasteiger partial charge in [-0.15, -0.1) is 0 Å². The molecule has 1 rings (SSSR count). The van der Waals surface area contributed by atoms with Crippen molar-refractivity contribution in [3.63, 3.8) is 0 Å². The Hall–Kier alpha value is -0.0800. The zero-order valence-electron chi connectivity index (χ0n) is 15.2. The highest BCUT2D eigenvalue weighted by Crippen LogP contribution is 2.27. The second-order valence-electron chi connectivity index (χ2n) is 7.45. The summed E-state index contributed by atoms with van der Waals surface area (Å²) in [5, 5.41) is 3.60. The lowest BCUT2D eigenvalue weighted by Crippen LogP contribution is -2.56. The number of nitrogens with zero attached hydrogens (tertiary/aromatic N) is 1. The van der Waals surface area contributed by atoms with Crippen LogP contribution in [0.1, 0.15) is 91.4 Å². The van der Waals surface area contributed by atoms with Gasteiger partial charge in [-0.3, -0.25) is 4.90 Å². The Morgan fingerprint density at radius 3 is 1.95 bits per heavy atom.